The van der Waals surface area contributed by atoms with E-state index in [1.165, 1.54) is 7.11 Å². The quantitative estimate of drug-likeness (QED) is 0.409. The fraction of sp³-hybridized carbons (Fsp3) is 0.185. The SMILES string of the molecule is COc1ccc([C@@H]2OC3(C(=O)c4ccccc4C3=O)[C@H]3C(=O)N(c4ccc(Cl)cc4)C(=O)[C@H]23)cc1. The van der Waals surface area contributed by atoms with E-state index in [0.717, 1.165) is 4.90 Å². The average molecular weight is 488 g/mol. The summed E-state index contributed by atoms with van der Waals surface area (Å²) in [7, 11) is 1.53. The third-order valence-electron chi connectivity index (χ3n) is 7.05. The number of imide groups is 1. The molecule has 3 atom stereocenters. The van der Waals surface area contributed by atoms with Crippen LogP contribution in [-0.4, -0.2) is 36.1 Å². The summed E-state index contributed by atoms with van der Waals surface area (Å²) in [6, 6.07) is 19.5. The largest absolute Gasteiger partial charge is 0.497 e. The maximum absolute atomic E-state index is 13.8. The van der Waals surface area contributed by atoms with E-state index in [4.69, 9.17) is 21.1 Å². The van der Waals surface area contributed by atoms with Crippen molar-refractivity contribution in [2.75, 3.05) is 12.0 Å². The molecule has 0 aromatic heterocycles. The maximum atomic E-state index is 13.8. The molecular weight excluding hydrogens is 470 g/mol. The van der Waals surface area contributed by atoms with Gasteiger partial charge in [0.1, 0.15) is 5.75 Å². The van der Waals surface area contributed by atoms with Crippen molar-refractivity contribution < 1.29 is 28.7 Å². The first-order chi connectivity index (χ1) is 16.9. The van der Waals surface area contributed by atoms with Gasteiger partial charge in [-0.2, -0.15) is 0 Å². The molecule has 2 amide bonds. The molecule has 3 aliphatic rings. The first kappa shape index (κ1) is 21.7. The highest BCUT2D eigenvalue weighted by Gasteiger charge is 2.74. The van der Waals surface area contributed by atoms with Gasteiger partial charge in [-0.15, -0.1) is 0 Å². The first-order valence-electron chi connectivity index (χ1n) is 11.0. The molecule has 174 valence electrons. The van der Waals surface area contributed by atoms with Gasteiger partial charge in [0.25, 0.3) is 0 Å². The molecule has 6 rings (SSSR count). The van der Waals surface area contributed by atoms with Crippen LogP contribution in [0.15, 0.2) is 72.8 Å². The summed E-state index contributed by atoms with van der Waals surface area (Å²) in [4.78, 5) is 56.1. The van der Waals surface area contributed by atoms with Crippen LogP contribution in [0.5, 0.6) is 5.75 Å². The summed E-state index contributed by atoms with van der Waals surface area (Å²) < 4.78 is 11.5. The van der Waals surface area contributed by atoms with Crippen LogP contribution in [0.4, 0.5) is 5.69 Å². The molecule has 2 aliphatic heterocycles. The first-order valence-corrected chi connectivity index (χ1v) is 11.4. The number of anilines is 1. The maximum Gasteiger partial charge on any atom is 0.241 e. The number of benzene rings is 3. The predicted molar refractivity (Wildman–Crippen MR) is 126 cm³/mol. The third kappa shape index (κ3) is 2.82. The molecule has 0 bridgehead atoms. The molecule has 3 aromatic rings. The molecule has 1 aliphatic carbocycles. The summed E-state index contributed by atoms with van der Waals surface area (Å²) in [6.45, 7) is 0. The lowest BCUT2D eigenvalue weighted by Crippen LogP contribution is -2.51. The number of carbonyl (C=O) groups excluding carboxylic acids is 4. The molecule has 2 fully saturated rings. The van der Waals surface area contributed by atoms with E-state index in [1.807, 2.05) is 0 Å². The van der Waals surface area contributed by atoms with Crippen molar-refractivity contribution in [3.63, 3.8) is 0 Å². The van der Waals surface area contributed by atoms with Crippen molar-refractivity contribution in [1.29, 1.82) is 0 Å². The minimum atomic E-state index is -2.10. The molecule has 7 nitrogen and oxygen atoms in total. The Morgan fingerprint density at radius 2 is 1.43 bits per heavy atom. The molecule has 1 spiro atoms. The number of carbonyl (C=O) groups is 4. The molecular formula is C27H18ClNO6. The number of ether oxygens (including phenoxy) is 2. The summed E-state index contributed by atoms with van der Waals surface area (Å²) in [5.74, 6) is -4.13. The highest BCUT2D eigenvalue weighted by atomic mass is 35.5. The second-order valence-electron chi connectivity index (χ2n) is 8.74. The average Bonchev–Trinajstić information content (AvgIpc) is 3.45. The molecule has 3 aromatic carbocycles. The van der Waals surface area contributed by atoms with Crippen LogP contribution < -0.4 is 9.64 Å². The van der Waals surface area contributed by atoms with E-state index in [-0.39, 0.29) is 11.1 Å². The standard InChI is InChI=1S/C27H18ClNO6/c1-34-17-12-6-14(7-13-17)22-20-21(26(33)29(25(20)32)16-10-8-15(28)9-11-16)27(35-22)23(30)18-4-2-3-5-19(18)24(27)31/h2-13,20-22H,1H3/t20-,21+,22-/m0/s1. The van der Waals surface area contributed by atoms with Crippen molar-refractivity contribution >= 4 is 40.7 Å². The Balaban J connectivity index is 1.53. The number of nitrogens with zero attached hydrogens (tertiary/aromatic N) is 1. The summed E-state index contributed by atoms with van der Waals surface area (Å²) >= 11 is 6.00. The van der Waals surface area contributed by atoms with E-state index in [9.17, 15) is 19.2 Å². The normalized spacial score (nSPS) is 24.3. The minimum Gasteiger partial charge on any atom is -0.497 e. The fourth-order valence-electron chi connectivity index (χ4n) is 5.46. The second kappa shape index (κ2) is 7.60. The number of fused-ring (bicyclic) bond motifs is 3. The van der Waals surface area contributed by atoms with Crippen molar-refractivity contribution in [1.82, 2.24) is 0 Å². The van der Waals surface area contributed by atoms with Gasteiger partial charge in [0.05, 0.1) is 30.7 Å². The summed E-state index contributed by atoms with van der Waals surface area (Å²) in [6.07, 6.45) is -0.984. The highest BCUT2D eigenvalue weighted by Crippen LogP contribution is 2.57. The zero-order chi connectivity index (χ0) is 24.5. The van der Waals surface area contributed by atoms with Gasteiger partial charge in [-0.3, -0.25) is 19.2 Å². The Hall–Kier alpha value is -3.81. The van der Waals surface area contributed by atoms with E-state index >= 15 is 0 Å². The Morgan fingerprint density at radius 3 is 2.00 bits per heavy atom. The summed E-state index contributed by atoms with van der Waals surface area (Å²) in [5.41, 5.74) is -0.841. The molecule has 2 saturated heterocycles. The Morgan fingerprint density at radius 1 is 0.829 bits per heavy atom. The molecule has 35 heavy (non-hydrogen) atoms. The van der Waals surface area contributed by atoms with Crippen molar-refractivity contribution in [2.45, 2.75) is 11.7 Å². The van der Waals surface area contributed by atoms with Crippen LogP contribution in [0.3, 0.4) is 0 Å². The lowest BCUT2D eigenvalue weighted by Gasteiger charge is -2.27. The van der Waals surface area contributed by atoms with Gasteiger partial charge < -0.3 is 9.47 Å². The Labute approximate surface area is 205 Å². The Kier molecular flexibility index (Phi) is 4.71. The summed E-state index contributed by atoms with van der Waals surface area (Å²) in [5, 5.41) is 0.445. The number of hydrogen-bond acceptors (Lipinski definition) is 6. The van der Waals surface area contributed by atoms with E-state index < -0.39 is 46.9 Å². The zero-order valence-corrected chi connectivity index (χ0v) is 19.2. The molecule has 2 heterocycles. The van der Waals surface area contributed by atoms with Crippen LogP contribution in [0.1, 0.15) is 32.4 Å². The zero-order valence-electron chi connectivity index (χ0n) is 18.4. The molecule has 0 radical (unpaired) electrons. The van der Waals surface area contributed by atoms with Gasteiger partial charge in [0.2, 0.25) is 29.0 Å². The lowest BCUT2D eigenvalue weighted by atomic mass is 9.77. The number of ketones is 2. The smallest absolute Gasteiger partial charge is 0.241 e. The molecule has 0 N–H and O–H groups in total. The minimum absolute atomic E-state index is 0.192. The highest BCUT2D eigenvalue weighted by molar-refractivity contribution is 6.37. The van der Waals surface area contributed by atoms with Gasteiger partial charge in [0, 0.05) is 16.1 Å². The topological polar surface area (TPSA) is 90.0 Å². The molecule has 0 saturated carbocycles. The van der Waals surface area contributed by atoms with Crippen molar-refractivity contribution in [3.8, 4) is 5.75 Å². The van der Waals surface area contributed by atoms with Crippen LogP contribution in [0.25, 0.3) is 0 Å². The number of methoxy groups -OCH3 is 1. The molecule has 8 heteroatoms. The number of rotatable bonds is 3. The Bertz CT molecular complexity index is 1380. The number of Topliss-reactive ketones (excluding diaryl/α,β-unsaturated/α-hetero) is 2. The van der Waals surface area contributed by atoms with Crippen LogP contribution in [-0.2, 0) is 14.3 Å². The van der Waals surface area contributed by atoms with Crippen LogP contribution in [0.2, 0.25) is 5.02 Å². The van der Waals surface area contributed by atoms with Gasteiger partial charge in [-0.25, -0.2) is 4.90 Å². The lowest BCUT2D eigenvalue weighted by molar-refractivity contribution is -0.127. The van der Waals surface area contributed by atoms with Gasteiger partial charge in [-0.1, -0.05) is 48.0 Å². The van der Waals surface area contributed by atoms with E-state index in [0.29, 0.717) is 22.0 Å². The number of halogens is 1. The van der Waals surface area contributed by atoms with Crippen molar-refractivity contribution in [2.24, 2.45) is 11.8 Å². The predicted octanol–water partition coefficient (Wildman–Crippen LogP) is 4.04. The van der Waals surface area contributed by atoms with Gasteiger partial charge in [0.15, 0.2) is 0 Å². The van der Waals surface area contributed by atoms with E-state index in [1.54, 1.807) is 72.8 Å². The second-order valence-corrected chi connectivity index (χ2v) is 9.18. The van der Waals surface area contributed by atoms with Crippen LogP contribution >= 0.6 is 11.6 Å². The third-order valence-corrected chi connectivity index (χ3v) is 7.30. The molecule has 0 unspecified atom stereocenters. The van der Waals surface area contributed by atoms with E-state index in [2.05, 4.69) is 0 Å². The number of amides is 2. The monoisotopic (exact) mass is 487 g/mol. The van der Waals surface area contributed by atoms with Gasteiger partial charge in [-0.05, 0) is 42.0 Å². The van der Waals surface area contributed by atoms with Gasteiger partial charge >= 0.3 is 0 Å². The van der Waals surface area contributed by atoms with Crippen molar-refractivity contribution in [3.05, 3.63) is 94.5 Å². The fourth-order valence-corrected chi connectivity index (χ4v) is 5.58. The number of hydrogen-bond donors (Lipinski definition) is 0. The van der Waals surface area contributed by atoms with Crippen LogP contribution in [0, 0.1) is 11.8 Å².